The Morgan fingerprint density at radius 1 is 1.00 bits per heavy atom. The second kappa shape index (κ2) is 9.24. The smallest absolute Gasteiger partial charge is 0.355 e. The molecule has 1 atom stereocenters. The number of amides is 1. The molecule has 0 saturated heterocycles. The van der Waals surface area contributed by atoms with E-state index < -0.39 is 5.97 Å². The fraction of sp³-hybridized carbons (Fsp3) is 0.250. The molecule has 5 nitrogen and oxygen atoms in total. The quantitative estimate of drug-likeness (QED) is 0.587. The molecule has 1 amide bonds. The summed E-state index contributed by atoms with van der Waals surface area (Å²) in [5, 5.41) is 3.02. The first-order valence-corrected chi connectivity index (χ1v) is 9.69. The highest BCUT2D eigenvalue weighted by molar-refractivity contribution is 5.90. The molecule has 0 aliphatic rings. The Morgan fingerprint density at radius 3 is 2.28 bits per heavy atom. The average molecular weight is 390 g/mol. The van der Waals surface area contributed by atoms with Gasteiger partial charge in [0.25, 0.3) is 0 Å². The second-order valence-corrected chi connectivity index (χ2v) is 7.17. The highest BCUT2D eigenvalue weighted by Crippen LogP contribution is 2.20. The van der Waals surface area contributed by atoms with E-state index in [1.807, 2.05) is 81.4 Å². The van der Waals surface area contributed by atoms with Crippen molar-refractivity contribution in [2.45, 2.75) is 39.8 Å². The number of H-pyrrole nitrogens is 1. The van der Waals surface area contributed by atoms with E-state index in [1.165, 1.54) is 0 Å². The van der Waals surface area contributed by atoms with E-state index in [2.05, 4.69) is 10.3 Å². The van der Waals surface area contributed by atoms with Crippen molar-refractivity contribution in [1.29, 1.82) is 0 Å². The zero-order chi connectivity index (χ0) is 20.8. The standard InChI is InChI=1S/C24H26N2O3/c1-16-21(14-22(27)25-17(2)20-12-8-5-9-13-20)18(3)26-23(16)24(28)29-15-19-10-6-4-7-11-19/h4-13,17,26H,14-15H2,1-3H3,(H,25,27)/t17-/m1/s1. The number of carbonyl (C=O) groups is 2. The summed E-state index contributed by atoms with van der Waals surface area (Å²) in [5.74, 6) is -0.505. The van der Waals surface area contributed by atoms with Gasteiger partial charge >= 0.3 is 5.97 Å². The van der Waals surface area contributed by atoms with Crippen molar-refractivity contribution in [2.24, 2.45) is 0 Å². The van der Waals surface area contributed by atoms with Crippen LogP contribution in [0, 0.1) is 13.8 Å². The Bertz CT molecular complexity index is 978. The maximum absolute atomic E-state index is 12.5. The molecule has 150 valence electrons. The molecule has 1 heterocycles. The summed E-state index contributed by atoms with van der Waals surface area (Å²) in [5.41, 5.74) is 4.76. The van der Waals surface area contributed by atoms with Gasteiger partial charge in [0.2, 0.25) is 5.91 Å². The van der Waals surface area contributed by atoms with Crippen LogP contribution in [-0.4, -0.2) is 16.9 Å². The summed E-state index contributed by atoms with van der Waals surface area (Å²) in [4.78, 5) is 28.1. The topological polar surface area (TPSA) is 71.2 Å². The van der Waals surface area contributed by atoms with E-state index in [0.717, 1.165) is 27.9 Å². The van der Waals surface area contributed by atoms with E-state index in [-0.39, 0.29) is 25.0 Å². The van der Waals surface area contributed by atoms with Gasteiger partial charge in [0.05, 0.1) is 12.5 Å². The maximum Gasteiger partial charge on any atom is 0.355 e. The summed E-state index contributed by atoms with van der Waals surface area (Å²) in [6.07, 6.45) is 0.206. The van der Waals surface area contributed by atoms with Crippen molar-refractivity contribution in [3.05, 3.63) is 94.3 Å². The maximum atomic E-state index is 12.5. The van der Waals surface area contributed by atoms with Crippen LogP contribution in [0.1, 0.15) is 51.4 Å². The number of hydrogen-bond donors (Lipinski definition) is 2. The minimum atomic E-state index is -0.418. The minimum absolute atomic E-state index is 0.0847. The van der Waals surface area contributed by atoms with Crippen LogP contribution in [0.4, 0.5) is 0 Å². The fourth-order valence-electron chi connectivity index (χ4n) is 3.33. The van der Waals surface area contributed by atoms with E-state index in [4.69, 9.17) is 4.74 Å². The lowest BCUT2D eigenvalue weighted by atomic mass is 10.0. The molecule has 0 aliphatic heterocycles. The second-order valence-electron chi connectivity index (χ2n) is 7.17. The molecule has 2 aromatic carbocycles. The summed E-state index contributed by atoms with van der Waals surface area (Å²) >= 11 is 0. The Balaban J connectivity index is 1.64. The van der Waals surface area contributed by atoms with Crippen LogP contribution in [0.25, 0.3) is 0 Å². The van der Waals surface area contributed by atoms with Crippen LogP contribution in [0.2, 0.25) is 0 Å². The third-order valence-corrected chi connectivity index (χ3v) is 5.02. The molecule has 5 heteroatoms. The van der Waals surface area contributed by atoms with Crippen molar-refractivity contribution in [3.8, 4) is 0 Å². The van der Waals surface area contributed by atoms with Crippen LogP contribution in [0.3, 0.4) is 0 Å². The zero-order valence-corrected chi connectivity index (χ0v) is 17.0. The molecule has 2 N–H and O–H groups in total. The lowest BCUT2D eigenvalue weighted by Crippen LogP contribution is -2.28. The van der Waals surface area contributed by atoms with Gasteiger partial charge in [-0.2, -0.15) is 0 Å². The minimum Gasteiger partial charge on any atom is -0.456 e. The molecular formula is C24H26N2O3. The van der Waals surface area contributed by atoms with Crippen LogP contribution in [0.5, 0.6) is 0 Å². The number of aromatic nitrogens is 1. The zero-order valence-electron chi connectivity index (χ0n) is 17.0. The van der Waals surface area contributed by atoms with E-state index in [1.54, 1.807) is 0 Å². The molecule has 3 aromatic rings. The number of esters is 1. The summed E-state index contributed by atoms with van der Waals surface area (Å²) in [6, 6.07) is 19.3. The number of carbonyl (C=O) groups excluding carboxylic acids is 2. The number of aromatic amines is 1. The van der Waals surface area contributed by atoms with Crippen molar-refractivity contribution < 1.29 is 14.3 Å². The van der Waals surface area contributed by atoms with Crippen molar-refractivity contribution in [3.63, 3.8) is 0 Å². The molecule has 0 unspecified atom stereocenters. The van der Waals surface area contributed by atoms with Crippen molar-refractivity contribution >= 4 is 11.9 Å². The Labute approximate surface area is 171 Å². The Kier molecular flexibility index (Phi) is 6.50. The monoisotopic (exact) mass is 390 g/mol. The third-order valence-electron chi connectivity index (χ3n) is 5.02. The number of nitrogens with one attached hydrogen (secondary N) is 2. The number of benzene rings is 2. The molecule has 29 heavy (non-hydrogen) atoms. The van der Waals surface area contributed by atoms with Crippen LogP contribution in [-0.2, 0) is 22.6 Å². The van der Waals surface area contributed by atoms with Gasteiger partial charge in [-0.25, -0.2) is 4.79 Å². The molecule has 0 spiro atoms. The number of ether oxygens (including phenoxy) is 1. The average Bonchev–Trinajstić information content (AvgIpc) is 3.01. The van der Waals surface area contributed by atoms with E-state index in [0.29, 0.717) is 5.69 Å². The number of rotatable bonds is 7. The molecule has 0 saturated carbocycles. The predicted octanol–water partition coefficient (Wildman–Crippen LogP) is 4.41. The van der Waals surface area contributed by atoms with Crippen LogP contribution < -0.4 is 5.32 Å². The summed E-state index contributed by atoms with van der Waals surface area (Å²) in [6.45, 7) is 5.87. The highest BCUT2D eigenvalue weighted by atomic mass is 16.5. The van der Waals surface area contributed by atoms with Gasteiger partial charge in [-0.3, -0.25) is 4.79 Å². The number of aryl methyl sites for hydroxylation is 1. The summed E-state index contributed by atoms with van der Waals surface area (Å²) < 4.78 is 5.42. The molecule has 0 fully saturated rings. The molecule has 0 radical (unpaired) electrons. The lowest BCUT2D eigenvalue weighted by molar-refractivity contribution is -0.121. The van der Waals surface area contributed by atoms with E-state index >= 15 is 0 Å². The largest absolute Gasteiger partial charge is 0.456 e. The SMILES string of the molecule is Cc1[nH]c(C(=O)OCc2ccccc2)c(C)c1CC(=O)N[C@H](C)c1ccccc1. The first-order valence-electron chi connectivity index (χ1n) is 9.69. The normalized spacial score (nSPS) is 11.7. The van der Waals surface area contributed by atoms with Crippen molar-refractivity contribution in [2.75, 3.05) is 0 Å². The first kappa shape index (κ1) is 20.4. The van der Waals surface area contributed by atoms with E-state index in [9.17, 15) is 9.59 Å². The van der Waals surface area contributed by atoms with Gasteiger partial charge in [0.1, 0.15) is 12.3 Å². The molecule has 0 bridgehead atoms. The van der Waals surface area contributed by atoms with Gasteiger partial charge in [-0.15, -0.1) is 0 Å². The lowest BCUT2D eigenvalue weighted by Gasteiger charge is -2.14. The molecule has 1 aromatic heterocycles. The molecular weight excluding hydrogens is 364 g/mol. The molecule has 3 rings (SSSR count). The first-order chi connectivity index (χ1) is 14.0. The Hall–Kier alpha value is -3.34. The van der Waals surface area contributed by atoms with Gasteiger partial charge in [0.15, 0.2) is 0 Å². The summed E-state index contributed by atoms with van der Waals surface area (Å²) in [7, 11) is 0. The third kappa shape index (κ3) is 5.13. The van der Waals surface area contributed by atoms with Crippen LogP contribution in [0.15, 0.2) is 60.7 Å². The van der Waals surface area contributed by atoms with Gasteiger partial charge in [0, 0.05) is 5.69 Å². The van der Waals surface area contributed by atoms with Crippen LogP contribution >= 0.6 is 0 Å². The van der Waals surface area contributed by atoms with Gasteiger partial charge in [-0.1, -0.05) is 60.7 Å². The fourth-order valence-corrected chi connectivity index (χ4v) is 3.33. The highest BCUT2D eigenvalue weighted by Gasteiger charge is 2.21. The predicted molar refractivity (Wildman–Crippen MR) is 113 cm³/mol. The van der Waals surface area contributed by atoms with Gasteiger partial charge < -0.3 is 15.0 Å². The van der Waals surface area contributed by atoms with Gasteiger partial charge in [-0.05, 0) is 43.0 Å². The molecule has 0 aliphatic carbocycles. The van der Waals surface area contributed by atoms with Crippen molar-refractivity contribution in [1.82, 2.24) is 10.3 Å². The number of hydrogen-bond acceptors (Lipinski definition) is 3. The Morgan fingerprint density at radius 2 is 1.62 bits per heavy atom.